The van der Waals surface area contributed by atoms with Crippen LogP contribution < -0.4 is 0 Å². The molecule has 0 fully saturated rings. The Kier molecular flexibility index (Phi) is 2.47. The SMILES string of the molecule is [2H]C1(O)C(Cl)=C(Cl)C([2H])(O)C(Cl)=C1Cl. The first-order valence-corrected chi connectivity index (χ1v) is 4.22. The van der Waals surface area contributed by atoms with Crippen LogP contribution in [-0.4, -0.2) is 22.4 Å². The summed E-state index contributed by atoms with van der Waals surface area (Å²) >= 11 is 21.8. The van der Waals surface area contributed by atoms with Crippen LogP contribution in [0.1, 0.15) is 2.74 Å². The minimum Gasteiger partial charge on any atom is -0.382 e. The minimum absolute atomic E-state index is 0.647. The van der Waals surface area contributed by atoms with Crippen LogP contribution in [0.3, 0.4) is 0 Å². The van der Waals surface area contributed by atoms with E-state index in [1.165, 1.54) is 0 Å². The molecule has 12 heavy (non-hydrogen) atoms. The van der Waals surface area contributed by atoms with Gasteiger partial charge in [-0.05, 0) is 0 Å². The average molecular weight is 252 g/mol. The van der Waals surface area contributed by atoms with E-state index in [1.807, 2.05) is 0 Å². The van der Waals surface area contributed by atoms with Crippen LogP contribution in [0.25, 0.3) is 0 Å². The second-order valence-corrected chi connectivity index (χ2v) is 3.47. The quantitative estimate of drug-likeness (QED) is 0.692. The van der Waals surface area contributed by atoms with Gasteiger partial charge in [-0.25, -0.2) is 0 Å². The van der Waals surface area contributed by atoms with Crippen LogP contribution >= 0.6 is 46.4 Å². The Morgan fingerprint density at radius 3 is 1.17 bits per heavy atom. The lowest BCUT2D eigenvalue weighted by molar-refractivity contribution is 0.226. The van der Waals surface area contributed by atoms with E-state index in [1.54, 1.807) is 0 Å². The number of rotatable bonds is 0. The zero-order chi connectivity index (χ0) is 11.3. The predicted octanol–water partition coefficient (Wildman–Crippen LogP) is 2.10. The molecule has 6 heteroatoms. The molecule has 0 unspecified atom stereocenters. The van der Waals surface area contributed by atoms with Gasteiger partial charge in [0.1, 0.15) is 12.2 Å². The smallest absolute Gasteiger partial charge is 0.128 e. The van der Waals surface area contributed by atoms with Gasteiger partial charge in [-0.3, -0.25) is 0 Å². The minimum atomic E-state index is -2.51. The largest absolute Gasteiger partial charge is 0.382 e. The van der Waals surface area contributed by atoms with E-state index >= 15 is 0 Å². The van der Waals surface area contributed by atoms with Crippen molar-refractivity contribution in [2.24, 2.45) is 0 Å². The standard InChI is InChI=1S/C6H4Cl4O2/c7-1-2(8)6(12)4(10)3(9)5(1)11/h5-6,11-12H/i5D,6D. The van der Waals surface area contributed by atoms with Crippen molar-refractivity contribution in [3.63, 3.8) is 0 Å². The fraction of sp³-hybridized carbons (Fsp3) is 0.333. The molecule has 0 aromatic heterocycles. The summed E-state index contributed by atoms with van der Waals surface area (Å²) in [5, 5.41) is 16.2. The van der Waals surface area contributed by atoms with Crippen LogP contribution in [0, 0.1) is 0 Å². The van der Waals surface area contributed by atoms with Gasteiger partial charge in [0.25, 0.3) is 0 Å². The fourth-order valence-corrected chi connectivity index (χ4v) is 1.44. The van der Waals surface area contributed by atoms with Crippen molar-refractivity contribution in [2.45, 2.75) is 12.2 Å². The highest BCUT2D eigenvalue weighted by Crippen LogP contribution is 2.38. The molecule has 2 N–H and O–H groups in total. The normalized spacial score (nSPS) is 46.2. The van der Waals surface area contributed by atoms with E-state index in [0.717, 1.165) is 0 Å². The van der Waals surface area contributed by atoms with Crippen LogP contribution in [0.5, 0.6) is 0 Å². The van der Waals surface area contributed by atoms with Gasteiger partial charge in [-0.2, -0.15) is 0 Å². The maximum Gasteiger partial charge on any atom is 0.128 e. The van der Waals surface area contributed by atoms with Gasteiger partial charge in [0.05, 0.1) is 22.9 Å². The van der Waals surface area contributed by atoms with Crippen LogP contribution in [0.2, 0.25) is 0 Å². The van der Waals surface area contributed by atoms with Crippen LogP contribution in [0.4, 0.5) is 0 Å². The summed E-state index contributed by atoms with van der Waals surface area (Å²) in [4.78, 5) is 0. The van der Waals surface area contributed by atoms with E-state index in [-0.39, 0.29) is 0 Å². The van der Waals surface area contributed by atoms with Gasteiger partial charge >= 0.3 is 0 Å². The first-order chi connectivity index (χ1) is 6.13. The lowest BCUT2D eigenvalue weighted by Crippen LogP contribution is -2.22. The molecule has 1 aliphatic rings. The van der Waals surface area contributed by atoms with Gasteiger partial charge in [-0.15, -0.1) is 0 Å². The molecule has 2 nitrogen and oxygen atoms in total. The molecule has 0 atom stereocenters. The molecular weight excluding hydrogens is 246 g/mol. The zero-order valence-electron chi connectivity index (χ0n) is 7.41. The molecule has 0 spiro atoms. The van der Waals surface area contributed by atoms with Crippen molar-refractivity contribution >= 4 is 46.4 Å². The third kappa shape index (κ3) is 1.60. The summed E-state index contributed by atoms with van der Waals surface area (Å²) in [6.45, 7) is 0. The molecule has 1 rings (SSSR count). The summed E-state index contributed by atoms with van der Waals surface area (Å²) in [6, 6.07) is 0. The lowest BCUT2D eigenvalue weighted by atomic mass is 10.1. The van der Waals surface area contributed by atoms with Gasteiger partial charge in [-0.1, -0.05) is 46.4 Å². The van der Waals surface area contributed by atoms with E-state index in [9.17, 15) is 10.2 Å². The monoisotopic (exact) mass is 250 g/mol. The molecule has 0 radical (unpaired) electrons. The highest BCUT2D eigenvalue weighted by molar-refractivity contribution is 6.46. The molecule has 1 aliphatic carbocycles. The maximum absolute atomic E-state index is 9.41. The summed E-state index contributed by atoms with van der Waals surface area (Å²) in [5.41, 5.74) is 0. The van der Waals surface area contributed by atoms with E-state index in [0.29, 0.717) is 0 Å². The Balaban J connectivity index is 3.46. The molecule has 0 saturated carbocycles. The van der Waals surface area contributed by atoms with Gasteiger partial charge in [0, 0.05) is 0 Å². The van der Waals surface area contributed by atoms with Crippen molar-refractivity contribution in [3.8, 4) is 0 Å². The average Bonchev–Trinajstić information content (AvgIpc) is 2.11. The Morgan fingerprint density at radius 2 is 1.00 bits per heavy atom. The van der Waals surface area contributed by atoms with Crippen molar-refractivity contribution in [2.75, 3.05) is 0 Å². The number of hydrogen-bond acceptors (Lipinski definition) is 2. The third-order valence-electron chi connectivity index (χ3n) is 1.22. The second-order valence-electron chi connectivity index (χ2n) is 1.95. The molecule has 0 aliphatic heterocycles. The number of hydrogen-bond donors (Lipinski definition) is 2. The van der Waals surface area contributed by atoms with E-state index in [2.05, 4.69) is 0 Å². The zero-order valence-corrected chi connectivity index (χ0v) is 8.43. The molecule has 0 amide bonds. The maximum atomic E-state index is 9.41. The Hall–Kier alpha value is 0.560. The first-order valence-electron chi connectivity index (χ1n) is 3.70. The topological polar surface area (TPSA) is 40.5 Å². The molecule has 68 valence electrons. The fourth-order valence-electron chi connectivity index (χ4n) is 0.609. The summed E-state index contributed by atoms with van der Waals surface area (Å²) < 4.78 is 14.6. The predicted molar refractivity (Wildman–Crippen MR) is 49.5 cm³/mol. The van der Waals surface area contributed by atoms with Crippen molar-refractivity contribution in [3.05, 3.63) is 20.1 Å². The van der Waals surface area contributed by atoms with E-state index in [4.69, 9.17) is 49.1 Å². The first kappa shape index (κ1) is 7.92. The van der Waals surface area contributed by atoms with Crippen LogP contribution in [-0.2, 0) is 0 Å². The summed E-state index contributed by atoms with van der Waals surface area (Å²) in [6.07, 6.45) is -5.02. The highest BCUT2D eigenvalue weighted by Gasteiger charge is 2.31. The van der Waals surface area contributed by atoms with Gasteiger partial charge in [0.15, 0.2) is 0 Å². The van der Waals surface area contributed by atoms with Crippen molar-refractivity contribution < 1.29 is 13.0 Å². The number of aliphatic hydroxyl groups is 2. The Labute approximate surface area is 91.8 Å². The second kappa shape index (κ2) is 3.74. The van der Waals surface area contributed by atoms with E-state index < -0.39 is 32.3 Å². The Bertz CT molecular complexity index is 286. The summed E-state index contributed by atoms with van der Waals surface area (Å²) in [7, 11) is 0. The highest BCUT2D eigenvalue weighted by atomic mass is 35.5. The lowest BCUT2D eigenvalue weighted by Gasteiger charge is -2.22. The molecule has 0 saturated heterocycles. The third-order valence-corrected chi connectivity index (χ3v) is 2.88. The molecular formula is C6H4Cl4O2. The molecule has 0 aromatic carbocycles. The van der Waals surface area contributed by atoms with Crippen molar-refractivity contribution in [1.29, 1.82) is 0 Å². The molecule has 0 aromatic rings. The summed E-state index contributed by atoms with van der Waals surface area (Å²) in [5.74, 6) is 0. The van der Waals surface area contributed by atoms with Gasteiger partial charge < -0.3 is 10.2 Å². The van der Waals surface area contributed by atoms with Gasteiger partial charge in [0.2, 0.25) is 0 Å². The molecule has 0 heterocycles. The Morgan fingerprint density at radius 1 is 0.833 bits per heavy atom. The molecule has 0 bridgehead atoms. The van der Waals surface area contributed by atoms with Crippen molar-refractivity contribution in [1.82, 2.24) is 0 Å². The number of halogens is 4. The van der Waals surface area contributed by atoms with Crippen LogP contribution in [0.15, 0.2) is 20.1 Å².